The summed E-state index contributed by atoms with van der Waals surface area (Å²) in [7, 11) is 0. The minimum atomic E-state index is -0.222. The van der Waals surface area contributed by atoms with Gasteiger partial charge < -0.3 is 14.5 Å². The number of hydrogen-bond acceptors (Lipinski definition) is 5. The van der Waals surface area contributed by atoms with Crippen molar-refractivity contribution in [3.63, 3.8) is 0 Å². The monoisotopic (exact) mass is 338 g/mol. The van der Waals surface area contributed by atoms with Crippen molar-refractivity contribution in [2.24, 2.45) is 0 Å². The number of ether oxygens (including phenoxy) is 2. The Morgan fingerprint density at radius 2 is 2.12 bits per heavy atom. The number of fused-ring (bicyclic) bond motifs is 1. The molecule has 7 heteroatoms. The number of benzene rings is 1. The lowest BCUT2D eigenvalue weighted by Crippen LogP contribution is -2.18. The van der Waals surface area contributed by atoms with Gasteiger partial charge in [-0.25, -0.2) is 9.50 Å². The molecular weight excluding hydrogens is 320 g/mol. The molecule has 3 heterocycles. The summed E-state index contributed by atoms with van der Waals surface area (Å²) in [6.45, 7) is 1.89. The molecule has 1 N–H and O–H groups in total. The Morgan fingerprint density at radius 1 is 1.24 bits per heavy atom. The average molecular weight is 338 g/mol. The highest BCUT2D eigenvalue weighted by molar-refractivity contribution is 5.64. The molecular formula is C18H18N4O3. The third kappa shape index (κ3) is 3.38. The molecule has 1 aliphatic rings. The van der Waals surface area contributed by atoms with Crippen molar-refractivity contribution in [1.82, 2.24) is 19.6 Å². The molecule has 0 atom stereocenters. The molecule has 1 aromatic carbocycles. The van der Waals surface area contributed by atoms with Crippen LogP contribution in [0.1, 0.15) is 23.6 Å². The third-order valence-corrected chi connectivity index (χ3v) is 4.05. The van der Waals surface area contributed by atoms with Crippen LogP contribution < -0.4 is 5.56 Å². The van der Waals surface area contributed by atoms with Gasteiger partial charge in [-0.2, -0.15) is 0 Å². The summed E-state index contributed by atoms with van der Waals surface area (Å²) in [5, 5.41) is 4.49. The molecule has 4 rings (SSSR count). The average Bonchev–Trinajstić information content (AvgIpc) is 3.08. The number of hydrogen-bond donors (Lipinski definition) is 1. The normalized spacial score (nSPS) is 14.6. The van der Waals surface area contributed by atoms with Crippen LogP contribution in [0.4, 0.5) is 0 Å². The maximum absolute atomic E-state index is 12.3. The van der Waals surface area contributed by atoms with Gasteiger partial charge in [-0.3, -0.25) is 4.79 Å². The fraction of sp³-hybridized carbons (Fsp3) is 0.278. The number of nitrogens with one attached hydrogen (secondary N) is 1. The van der Waals surface area contributed by atoms with Gasteiger partial charge in [-0.05, 0) is 17.6 Å². The van der Waals surface area contributed by atoms with E-state index in [0.717, 1.165) is 17.6 Å². The molecule has 7 nitrogen and oxygen atoms in total. The lowest BCUT2D eigenvalue weighted by atomic mass is 10.1. The molecule has 0 bridgehead atoms. The maximum atomic E-state index is 12.3. The van der Waals surface area contributed by atoms with Gasteiger partial charge in [0, 0.05) is 0 Å². The quantitative estimate of drug-likeness (QED) is 0.769. The summed E-state index contributed by atoms with van der Waals surface area (Å²) in [5.41, 5.74) is 2.32. The molecule has 0 unspecified atom stereocenters. The van der Waals surface area contributed by atoms with Crippen molar-refractivity contribution in [3.05, 3.63) is 70.2 Å². The van der Waals surface area contributed by atoms with Crippen LogP contribution in [0.3, 0.4) is 0 Å². The van der Waals surface area contributed by atoms with Gasteiger partial charge in [-0.1, -0.05) is 36.4 Å². The number of H-pyrrole nitrogens is 1. The molecule has 0 aliphatic carbocycles. The second-order valence-corrected chi connectivity index (χ2v) is 5.81. The minimum Gasteiger partial charge on any atom is -0.377 e. The Labute approximate surface area is 143 Å². The Morgan fingerprint density at radius 3 is 2.92 bits per heavy atom. The Bertz CT molecular complexity index is 959. The molecule has 0 fully saturated rings. The van der Waals surface area contributed by atoms with Gasteiger partial charge in [-0.15, -0.1) is 5.10 Å². The fourth-order valence-electron chi connectivity index (χ4n) is 2.80. The zero-order valence-electron chi connectivity index (χ0n) is 13.6. The van der Waals surface area contributed by atoms with Crippen molar-refractivity contribution in [3.8, 4) is 0 Å². The number of rotatable bonds is 5. The van der Waals surface area contributed by atoms with Crippen LogP contribution in [0.25, 0.3) is 11.1 Å². The third-order valence-electron chi connectivity index (χ3n) is 4.05. The van der Waals surface area contributed by atoms with Crippen LogP contribution in [0, 0.1) is 0 Å². The van der Waals surface area contributed by atoms with E-state index in [1.807, 2.05) is 36.4 Å². The zero-order chi connectivity index (χ0) is 17.1. The lowest BCUT2D eigenvalue weighted by Gasteiger charge is -2.12. The van der Waals surface area contributed by atoms with E-state index in [9.17, 15) is 4.79 Å². The summed E-state index contributed by atoms with van der Waals surface area (Å²) in [5.74, 6) is 1.16. The number of nitrogens with zero attached hydrogens (tertiary/aromatic N) is 3. The maximum Gasteiger partial charge on any atom is 0.277 e. The van der Waals surface area contributed by atoms with E-state index in [2.05, 4.69) is 15.1 Å². The molecule has 25 heavy (non-hydrogen) atoms. The summed E-state index contributed by atoms with van der Waals surface area (Å²) in [6, 6.07) is 9.87. The largest absolute Gasteiger partial charge is 0.377 e. The highest BCUT2D eigenvalue weighted by Crippen LogP contribution is 2.19. The molecule has 0 saturated heterocycles. The second-order valence-electron chi connectivity index (χ2n) is 5.81. The van der Waals surface area contributed by atoms with E-state index in [1.165, 1.54) is 0 Å². The molecule has 128 valence electrons. The van der Waals surface area contributed by atoms with Crippen molar-refractivity contribution < 1.29 is 9.47 Å². The van der Waals surface area contributed by atoms with Gasteiger partial charge >= 0.3 is 0 Å². The van der Waals surface area contributed by atoms with E-state index in [4.69, 9.17) is 9.47 Å². The molecule has 2 aromatic heterocycles. The Balaban J connectivity index is 1.57. The predicted octanol–water partition coefficient (Wildman–Crippen LogP) is 1.94. The van der Waals surface area contributed by atoms with E-state index < -0.39 is 0 Å². The standard InChI is InChI=1S/C18H18N4O3/c23-18-15-10-19-17(14-6-8-24-9-7-14)22(15)21-16(20-18)12-25-11-13-4-2-1-3-5-13/h1-6,10H,7-9,11-12H2,(H,20,21,23). The van der Waals surface area contributed by atoms with Crippen molar-refractivity contribution in [2.75, 3.05) is 13.2 Å². The first-order chi connectivity index (χ1) is 12.3. The second kappa shape index (κ2) is 7.00. The Kier molecular flexibility index (Phi) is 4.41. The van der Waals surface area contributed by atoms with E-state index in [-0.39, 0.29) is 12.2 Å². The summed E-state index contributed by atoms with van der Waals surface area (Å²) in [4.78, 5) is 19.4. The fourth-order valence-corrected chi connectivity index (χ4v) is 2.80. The van der Waals surface area contributed by atoms with Crippen LogP contribution in [-0.2, 0) is 22.7 Å². The predicted molar refractivity (Wildman–Crippen MR) is 92.0 cm³/mol. The highest BCUT2D eigenvalue weighted by Gasteiger charge is 2.15. The van der Waals surface area contributed by atoms with E-state index in [0.29, 0.717) is 37.0 Å². The first-order valence-electron chi connectivity index (χ1n) is 8.17. The molecule has 1 aliphatic heterocycles. The minimum absolute atomic E-state index is 0.222. The van der Waals surface area contributed by atoms with Gasteiger partial charge in [0.1, 0.15) is 6.61 Å². The molecule has 3 aromatic rings. The van der Waals surface area contributed by atoms with Gasteiger partial charge in [0.05, 0.1) is 26.0 Å². The highest BCUT2D eigenvalue weighted by atomic mass is 16.5. The molecule has 0 amide bonds. The number of aromatic nitrogens is 4. The topological polar surface area (TPSA) is 81.5 Å². The Hall–Kier alpha value is -2.77. The zero-order valence-corrected chi connectivity index (χ0v) is 13.6. The van der Waals surface area contributed by atoms with Crippen LogP contribution in [0.5, 0.6) is 0 Å². The summed E-state index contributed by atoms with van der Waals surface area (Å²) < 4.78 is 12.6. The van der Waals surface area contributed by atoms with Gasteiger partial charge in [0.15, 0.2) is 17.2 Å². The van der Waals surface area contributed by atoms with Crippen molar-refractivity contribution >= 4 is 11.1 Å². The molecule has 0 spiro atoms. The van der Waals surface area contributed by atoms with Crippen LogP contribution in [-0.4, -0.2) is 32.8 Å². The van der Waals surface area contributed by atoms with Crippen molar-refractivity contribution in [2.45, 2.75) is 19.6 Å². The van der Waals surface area contributed by atoms with Crippen LogP contribution in [0.2, 0.25) is 0 Å². The van der Waals surface area contributed by atoms with E-state index >= 15 is 0 Å². The van der Waals surface area contributed by atoms with E-state index in [1.54, 1.807) is 10.7 Å². The SMILES string of the molecule is O=c1[nH]c(COCc2ccccc2)nn2c(C3=CCOCC3)ncc12. The number of aromatic amines is 1. The smallest absolute Gasteiger partial charge is 0.277 e. The summed E-state index contributed by atoms with van der Waals surface area (Å²) >= 11 is 0. The number of imidazole rings is 1. The first-order valence-corrected chi connectivity index (χ1v) is 8.17. The van der Waals surface area contributed by atoms with Gasteiger partial charge in [0.2, 0.25) is 0 Å². The molecule has 0 radical (unpaired) electrons. The molecule has 0 saturated carbocycles. The van der Waals surface area contributed by atoms with Crippen LogP contribution in [0.15, 0.2) is 47.4 Å². The summed E-state index contributed by atoms with van der Waals surface area (Å²) in [6.07, 6.45) is 4.28. The van der Waals surface area contributed by atoms with Gasteiger partial charge in [0.25, 0.3) is 5.56 Å². The first kappa shape index (κ1) is 15.7. The van der Waals surface area contributed by atoms with Crippen molar-refractivity contribution in [1.29, 1.82) is 0 Å². The van der Waals surface area contributed by atoms with Crippen LogP contribution >= 0.6 is 0 Å². The lowest BCUT2D eigenvalue weighted by molar-refractivity contribution is 0.101.